The van der Waals surface area contributed by atoms with Crippen molar-refractivity contribution in [2.75, 3.05) is 16.5 Å². The van der Waals surface area contributed by atoms with Crippen LogP contribution in [0.5, 0.6) is 0 Å². The van der Waals surface area contributed by atoms with Gasteiger partial charge < -0.3 is 4.42 Å². The van der Waals surface area contributed by atoms with Crippen LogP contribution in [0.15, 0.2) is 57.8 Å². The Bertz CT molecular complexity index is 1300. The van der Waals surface area contributed by atoms with Crippen LogP contribution < -0.4 is 10.2 Å². The van der Waals surface area contributed by atoms with Crippen molar-refractivity contribution in [1.82, 2.24) is 10.2 Å². The Morgan fingerprint density at radius 2 is 1.75 bits per heavy atom. The zero-order chi connectivity index (χ0) is 22.9. The molecule has 0 atom stereocenters. The lowest BCUT2D eigenvalue weighted by Crippen LogP contribution is -2.28. The summed E-state index contributed by atoms with van der Waals surface area (Å²) in [6.45, 7) is 0. The molecule has 10 nitrogen and oxygen atoms in total. The summed E-state index contributed by atoms with van der Waals surface area (Å²) in [5, 5.41) is 10.2. The maximum atomic E-state index is 12.6. The minimum Gasteiger partial charge on any atom is -0.407 e. The Morgan fingerprint density at radius 3 is 2.41 bits per heavy atom. The van der Waals surface area contributed by atoms with Gasteiger partial charge in [0.05, 0.1) is 17.0 Å². The molecule has 11 heteroatoms. The van der Waals surface area contributed by atoms with Crippen molar-refractivity contribution in [3.63, 3.8) is 0 Å². The summed E-state index contributed by atoms with van der Waals surface area (Å²) in [4.78, 5) is 37.7. The number of benzene rings is 2. The summed E-state index contributed by atoms with van der Waals surface area (Å²) < 4.78 is 28.5. The lowest BCUT2D eigenvalue weighted by molar-refractivity contribution is -0.121. The molecule has 1 N–H and O–H groups in total. The summed E-state index contributed by atoms with van der Waals surface area (Å²) in [6, 6.07) is 12.3. The molecule has 164 valence electrons. The zero-order valence-corrected chi connectivity index (χ0v) is 17.8. The molecule has 0 unspecified atom stereocenters. The smallest absolute Gasteiger partial charge is 0.322 e. The second kappa shape index (κ2) is 8.35. The minimum atomic E-state index is -3.28. The monoisotopic (exact) mass is 454 g/mol. The normalized spacial score (nSPS) is 14.1. The van der Waals surface area contributed by atoms with Gasteiger partial charge in [-0.25, -0.2) is 8.42 Å². The van der Waals surface area contributed by atoms with Crippen LogP contribution >= 0.6 is 0 Å². The van der Waals surface area contributed by atoms with Crippen molar-refractivity contribution in [2.24, 2.45) is 0 Å². The number of aromatic nitrogens is 2. The van der Waals surface area contributed by atoms with Crippen LogP contribution in [-0.2, 0) is 25.8 Å². The van der Waals surface area contributed by atoms with Crippen molar-refractivity contribution >= 4 is 39.3 Å². The van der Waals surface area contributed by atoms with Gasteiger partial charge in [0.15, 0.2) is 9.84 Å². The Kier molecular flexibility index (Phi) is 5.57. The van der Waals surface area contributed by atoms with Crippen LogP contribution in [-0.4, -0.2) is 42.6 Å². The first-order valence-corrected chi connectivity index (χ1v) is 11.5. The van der Waals surface area contributed by atoms with Gasteiger partial charge in [0, 0.05) is 24.7 Å². The Morgan fingerprint density at radius 1 is 1.06 bits per heavy atom. The highest BCUT2D eigenvalue weighted by Gasteiger charge is 2.30. The maximum Gasteiger partial charge on any atom is 0.322 e. The molecule has 1 aliphatic rings. The van der Waals surface area contributed by atoms with Gasteiger partial charge in [-0.05, 0) is 35.9 Å². The van der Waals surface area contributed by atoms with Crippen LogP contribution in [0.4, 0.5) is 11.7 Å². The van der Waals surface area contributed by atoms with E-state index in [4.69, 9.17) is 4.42 Å². The number of carbonyl (C=O) groups excluding carboxylic acids is 3. The molecular weight excluding hydrogens is 436 g/mol. The molecule has 2 aromatic carbocycles. The molecule has 3 aromatic rings. The van der Waals surface area contributed by atoms with E-state index in [-0.39, 0.29) is 53.4 Å². The number of rotatable bonds is 6. The van der Waals surface area contributed by atoms with Crippen molar-refractivity contribution < 1.29 is 27.2 Å². The van der Waals surface area contributed by atoms with Crippen molar-refractivity contribution in [1.29, 1.82) is 0 Å². The number of hydrogen-bond acceptors (Lipinski definition) is 8. The predicted molar refractivity (Wildman–Crippen MR) is 113 cm³/mol. The molecule has 32 heavy (non-hydrogen) atoms. The first-order valence-electron chi connectivity index (χ1n) is 9.59. The van der Waals surface area contributed by atoms with Crippen LogP contribution in [0.1, 0.15) is 34.7 Å². The van der Waals surface area contributed by atoms with Gasteiger partial charge in [0.1, 0.15) is 0 Å². The molecule has 1 fully saturated rings. The van der Waals surface area contributed by atoms with Crippen molar-refractivity contribution in [3.8, 4) is 0 Å². The van der Waals surface area contributed by atoms with Gasteiger partial charge in [0.2, 0.25) is 17.7 Å². The molecule has 2 heterocycles. The lowest BCUT2D eigenvalue weighted by Gasteiger charge is -2.14. The molecule has 0 spiro atoms. The number of hydrogen-bond donors (Lipinski definition) is 1. The molecule has 0 bridgehead atoms. The highest BCUT2D eigenvalue weighted by molar-refractivity contribution is 7.90. The third-order valence-corrected chi connectivity index (χ3v) is 5.94. The molecule has 0 radical (unpaired) electrons. The third kappa shape index (κ3) is 4.57. The van der Waals surface area contributed by atoms with E-state index in [1.165, 1.54) is 24.3 Å². The number of nitrogens with one attached hydrogen (secondary N) is 1. The van der Waals surface area contributed by atoms with E-state index in [0.717, 1.165) is 16.7 Å². The molecule has 1 aromatic heterocycles. The van der Waals surface area contributed by atoms with Gasteiger partial charge in [-0.1, -0.05) is 23.3 Å². The first-order chi connectivity index (χ1) is 15.2. The topological polar surface area (TPSA) is 140 Å². The number of anilines is 2. The van der Waals surface area contributed by atoms with Gasteiger partial charge in [-0.3, -0.25) is 24.6 Å². The Balaban J connectivity index is 1.43. The lowest BCUT2D eigenvalue weighted by atomic mass is 10.1. The van der Waals surface area contributed by atoms with E-state index in [1.807, 2.05) is 0 Å². The van der Waals surface area contributed by atoms with E-state index >= 15 is 0 Å². The van der Waals surface area contributed by atoms with Gasteiger partial charge >= 0.3 is 6.01 Å². The molecule has 1 saturated heterocycles. The van der Waals surface area contributed by atoms with Crippen LogP contribution in [0, 0.1) is 0 Å². The van der Waals surface area contributed by atoms with Crippen molar-refractivity contribution in [2.45, 2.75) is 24.2 Å². The van der Waals surface area contributed by atoms with Gasteiger partial charge in [-0.15, -0.1) is 5.10 Å². The average molecular weight is 454 g/mol. The molecule has 0 saturated carbocycles. The second-order valence-electron chi connectivity index (χ2n) is 7.22. The Hall–Kier alpha value is -3.86. The van der Waals surface area contributed by atoms with E-state index in [1.54, 1.807) is 24.3 Å². The maximum absolute atomic E-state index is 12.6. The molecular formula is C21H18N4O6S. The van der Waals surface area contributed by atoms with E-state index in [2.05, 4.69) is 15.5 Å². The summed E-state index contributed by atoms with van der Waals surface area (Å²) >= 11 is 0. The largest absolute Gasteiger partial charge is 0.407 e. The zero-order valence-electron chi connectivity index (χ0n) is 16.9. The van der Waals surface area contributed by atoms with E-state index < -0.39 is 15.7 Å². The highest BCUT2D eigenvalue weighted by atomic mass is 32.2. The number of imide groups is 1. The highest BCUT2D eigenvalue weighted by Crippen LogP contribution is 2.24. The SMILES string of the molecule is CS(=O)(=O)c1ccc(Cc2nnc(NC(=O)c3cccc(N4C(=O)CCC4=O)c3)o2)cc1. The minimum absolute atomic E-state index is 0.114. The number of amides is 3. The second-order valence-corrected chi connectivity index (χ2v) is 9.24. The number of nitrogens with zero attached hydrogens (tertiary/aromatic N) is 3. The summed E-state index contributed by atoms with van der Waals surface area (Å²) in [7, 11) is -3.28. The van der Waals surface area contributed by atoms with Crippen LogP contribution in [0.25, 0.3) is 0 Å². The molecule has 4 rings (SSSR count). The molecule has 3 amide bonds. The van der Waals surface area contributed by atoms with Crippen LogP contribution in [0.2, 0.25) is 0 Å². The summed E-state index contributed by atoms with van der Waals surface area (Å²) in [5.41, 5.74) is 1.30. The van der Waals surface area contributed by atoms with E-state index in [9.17, 15) is 22.8 Å². The molecule has 0 aliphatic carbocycles. The average Bonchev–Trinajstić information content (AvgIpc) is 3.33. The van der Waals surface area contributed by atoms with E-state index in [0.29, 0.717) is 5.69 Å². The summed E-state index contributed by atoms with van der Waals surface area (Å²) in [5.74, 6) is -0.926. The van der Waals surface area contributed by atoms with Crippen molar-refractivity contribution in [3.05, 3.63) is 65.5 Å². The van der Waals surface area contributed by atoms with Crippen LogP contribution in [0.3, 0.4) is 0 Å². The number of sulfone groups is 1. The number of carbonyl (C=O) groups is 3. The van der Waals surface area contributed by atoms with Gasteiger partial charge in [-0.2, -0.15) is 0 Å². The third-order valence-electron chi connectivity index (χ3n) is 4.81. The van der Waals surface area contributed by atoms with Gasteiger partial charge in [0.25, 0.3) is 5.91 Å². The summed E-state index contributed by atoms with van der Waals surface area (Å²) in [6.07, 6.45) is 1.68. The standard InChI is InChI=1S/C21H18N4O6S/c1-32(29,30)16-7-5-13(6-8-16)11-17-23-24-21(31-17)22-20(28)14-3-2-4-15(12-14)25-18(26)9-10-19(25)27/h2-8,12H,9-11H2,1H3,(H,22,24,28). The quantitative estimate of drug-likeness (QED) is 0.558. The fraction of sp³-hybridized carbons (Fsp3) is 0.190. The fourth-order valence-corrected chi connectivity index (χ4v) is 3.86. The fourth-order valence-electron chi connectivity index (χ4n) is 3.22. The predicted octanol–water partition coefficient (Wildman–Crippen LogP) is 1.97. The Labute approximate surface area is 183 Å². The first kappa shape index (κ1) is 21.4. The molecule has 1 aliphatic heterocycles.